The largest absolute Gasteiger partial charge is 0.371 e. The van der Waals surface area contributed by atoms with Crippen LogP contribution in [0.3, 0.4) is 0 Å². The smallest absolute Gasteiger partial charge is 0.123 e. The molecule has 1 aromatic carbocycles. The molecule has 2 aromatic rings. The normalized spacial score (nSPS) is 16.4. The molecule has 2 N–H and O–H groups in total. The second kappa shape index (κ2) is 7.16. The predicted molar refractivity (Wildman–Crippen MR) is 100 cm³/mol. The first kappa shape index (κ1) is 17.9. The van der Waals surface area contributed by atoms with Crippen LogP contribution in [0.5, 0.6) is 0 Å². The van der Waals surface area contributed by atoms with Gasteiger partial charge in [-0.2, -0.15) is 5.10 Å². The van der Waals surface area contributed by atoms with Gasteiger partial charge < -0.3 is 10.2 Å². The fourth-order valence-corrected chi connectivity index (χ4v) is 3.39. The third kappa shape index (κ3) is 4.40. The van der Waals surface area contributed by atoms with Crippen molar-refractivity contribution in [3.63, 3.8) is 0 Å². The molecule has 1 aliphatic heterocycles. The maximum atomic E-state index is 13.3. The Bertz CT molecular complexity index is 709. The van der Waals surface area contributed by atoms with Gasteiger partial charge in [0.15, 0.2) is 0 Å². The number of anilines is 1. The van der Waals surface area contributed by atoms with Gasteiger partial charge in [0.05, 0.1) is 5.69 Å². The number of benzene rings is 1. The number of nitrogens with zero attached hydrogens (tertiary/aromatic N) is 2. The maximum absolute atomic E-state index is 13.3. The standard InChI is InChI=1S/C20H29FN4/c1-14-11-15(21)5-6-18(14)25-9-7-16(8-10-25)22-13-17-12-19(24-23-17)20(2,3)4/h5-6,11-12,16,22H,7-10,13H2,1-4H3,(H,23,24). The molecular formula is C20H29FN4. The van der Waals surface area contributed by atoms with Crippen molar-refractivity contribution in [3.8, 4) is 0 Å². The van der Waals surface area contributed by atoms with Crippen molar-refractivity contribution >= 4 is 5.69 Å². The monoisotopic (exact) mass is 344 g/mol. The second-order valence-electron chi connectivity index (χ2n) is 8.10. The fraction of sp³-hybridized carbons (Fsp3) is 0.550. The van der Waals surface area contributed by atoms with Gasteiger partial charge in [-0.1, -0.05) is 20.8 Å². The van der Waals surface area contributed by atoms with Crippen molar-refractivity contribution in [3.05, 3.63) is 47.0 Å². The fourth-order valence-electron chi connectivity index (χ4n) is 3.39. The number of halogens is 1. The molecule has 0 spiro atoms. The van der Waals surface area contributed by atoms with Crippen LogP contribution < -0.4 is 10.2 Å². The molecule has 1 aliphatic rings. The molecule has 0 amide bonds. The molecule has 2 heterocycles. The van der Waals surface area contributed by atoms with Crippen molar-refractivity contribution in [1.82, 2.24) is 15.5 Å². The van der Waals surface area contributed by atoms with E-state index in [0.717, 1.165) is 55.1 Å². The molecule has 4 nitrogen and oxygen atoms in total. The number of aryl methyl sites for hydroxylation is 1. The first-order chi connectivity index (χ1) is 11.8. The zero-order chi connectivity index (χ0) is 18.0. The number of piperidine rings is 1. The molecule has 1 aromatic heterocycles. The number of hydrogen-bond acceptors (Lipinski definition) is 3. The van der Waals surface area contributed by atoms with Gasteiger partial charge >= 0.3 is 0 Å². The quantitative estimate of drug-likeness (QED) is 0.884. The second-order valence-corrected chi connectivity index (χ2v) is 8.10. The van der Waals surface area contributed by atoms with Crippen molar-refractivity contribution in [2.24, 2.45) is 0 Å². The number of H-pyrrole nitrogens is 1. The van der Waals surface area contributed by atoms with E-state index in [9.17, 15) is 4.39 Å². The lowest BCUT2D eigenvalue weighted by Crippen LogP contribution is -2.42. The zero-order valence-electron chi connectivity index (χ0n) is 15.7. The van der Waals surface area contributed by atoms with Crippen molar-refractivity contribution in [1.29, 1.82) is 0 Å². The van der Waals surface area contributed by atoms with Gasteiger partial charge in [-0.15, -0.1) is 0 Å². The van der Waals surface area contributed by atoms with E-state index in [-0.39, 0.29) is 11.2 Å². The van der Waals surface area contributed by atoms with Crippen LogP contribution in [0.1, 0.15) is 50.6 Å². The molecule has 0 aliphatic carbocycles. The van der Waals surface area contributed by atoms with E-state index < -0.39 is 0 Å². The summed E-state index contributed by atoms with van der Waals surface area (Å²) in [4.78, 5) is 2.36. The van der Waals surface area contributed by atoms with Crippen LogP contribution in [0.4, 0.5) is 10.1 Å². The van der Waals surface area contributed by atoms with Gasteiger partial charge in [-0.3, -0.25) is 5.10 Å². The number of rotatable bonds is 4. The molecule has 0 radical (unpaired) electrons. The minimum atomic E-state index is -0.160. The lowest BCUT2D eigenvalue weighted by atomic mass is 9.92. The van der Waals surface area contributed by atoms with E-state index in [0.29, 0.717) is 6.04 Å². The number of aromatic amines is 1. The van der Waals surface area contributed by atoms with Gasteiger partial charge in [0.1, 0.15) is 5.82 Å². The van der Waals surface area contributed by atoms with E-state index in [1.165, 1.54) is 0 Å². The van der Waals surface area contributed by atoms with Crippen LogP contribution in [0.25, 0.3) is 0 Å². The van der Waals surface area contributed by atoms with Gasteiger partial charge in [-0.25, -0.2) is 4.39 Å². The van der Waals surface area contributed by atoms with Crippen molar-refractivity contribution < 1.29 is 4.39 Å². The topological polar surface area (TPSA) is 44.0 Å². The van der Waals surface area contributed by atoms with Crippen LogP contribution in [0.15, 0.2) is 24.3 Å². The minimum Gasteiger partial charge on any atom is -0.371 e. The molecule has 0 unspecified atom stereocenters. The summed E-state index contributed by atoms with van der Waals surface area (Å²) in [5.41, 5.74) is 4.49. The Morgan fingerprint density at radius 1 is 1.24 bits per heavy atom. The summed E-state index contributed by atoms with van der Waals surface area (Å²) < 4.78 is 13.3. The Morgan fingerprint density at radius 3 is 2.56 bits per heavy atom. The average Bonchev–Trinajstić information content (AvgIpc) is 3.03. The van der Waals surface area contributed by atoms with E-state index in [4.69, 9.17) is 0 Å². The van der Waals surface area contributed by atoms with Crippen molar-refractivity contribution in [2.45, 2.75) is 58.5 Å². The van der Waals surface area contributed by atoms with Crippen LogP contribution in [-0.2, 0) is 12.0 Å². The summed E-state index contributed by atoms with van der Waals surface area (Å²) >= 11 is 0. The Morgan fingerprint density at radius 2 is 1.96 bits per heavy atom. The lowest BCUT2D eigenvalue weighted by molar-refractivity contribution is 0.411. The van der Waals surface area contributed by atoms with Crippen molar-refractivity contribution in [2.75, 3.05) is 18.0 Å². The summed E-state index contributed by atoms with van der Waals surface area (Å²) in [6.45, 7) is 11.3. The highest BCUT2D eigenvalue weighted by molar-refractivity contribution is 5.53. The number of nitrogens with one attached hydrogen (secondary N) is 2. The van der Waals surface area contributed by atoms with Crippen LogP contribution in [0, 0.1) is 12.7 Å². The molecule has 3 rings (SSSR count). The first-order valence-electron chi connectivity index (χ1n) is 9.12. The Labute approximate surface area is 149 Å². The molecular weight excluding hydrogens is 315 g/mol. The Kier molecular flexibility index (Phi) is 5.13. The molecule has 1 saturated heterocycles. The molecule has 136 valence electrons. The molecule has 5 heteroatoms. The average molecular weight is 344 g/mol. The maximum Gasteiger partial charge on any atom is 0.123 e. The summed E-state index contributed by atoms with van der Waals surface area (Å²) in [5, 5.41) is 11.2. The highest BCUT2D eigenvalue weighted by atomic mass is 19.1. The third-order valence-electron chi connectivity index (χ3n) is 4.98. The summed E-state index contributed by atoms with van der Waals surface area (Å²) in [7, 11) is 0. The lowest BCUT2D eigenvalue weighted by Gasteiger charge is -2.35. The third-order valence-corrected chi connectivity index (χ3v) is 4.98. The van der Waals surface area contributed by atoms with Gasteiger partial charge in [0.2, 0.25) is 0 Å². The van der Waals surface area contributed by atoms with Gasteiger partial charge in [-0.05, 0) is 49.6 Å². The van der Waals surface area contributed by atoms with E-state index in [2.05, 4.69) is 47.3 Å². The van der Waals surface area contributed by atoms with E-state index >= 15 is 0 Å². The highest BCUT2D eigenvalue weighted by Gasteiger charge is 2.21. The number of aromatic nitrogens is 2. The summed E-state index contributed by atoms with van der Waals surface area (Å²) in [5.74, 6) is -0.160. The Hall–Kier alpha value is -1.88. The van der Waals surface area contributed by atoms with Crippen LogP contribution in [-0.4, -0.2) is 29.3 Å². The molecule has 0 atom stereocenters. The van der Waals surface area contributed by atoms with Crippen LogP contribution >= 0.6 is 0 Å². The SMILES string of the molecule is Cc1cc(F)ccc1N1CCC(NCc2cc(C(C)(C)C)n[nH]2)CC1. The minimum absolute atomic E-state index is 0.0765. The first-order valence-corrected chi connectivity index (χ1v) is 9.12. The summed E-state index contributed by atoms with van der Waals surface area (Å²) in [6, 6.07) is 7.74. The van der Waals surface area contributed by atoms with Gasteiger partial charge in [0, 0.05) is 42.5 Å². The Balaban J connectivity index is 1.50. The predicted octanol–water partition coefficient (Wildman–Crippen LogP) is 3.91. The van der Waals surface area contributed by atoms with E-state index in [1.54, 1.807) is 12.1 Å². The molecule has 25 heavy (non-hydrogen) atoms. The number of hydrogen-bond donors (Lipinski definition) is 2. The molecule has 0 saturated carbocycles. The highest BCUT2D eigenvalue weighted by Crippen LogP contribution is 2.25. The molecule has 0 bridgehead atoms. The summed E-state index contributed by atoms with van der Waals surface area (Å²) in [6.07, 6.45) is 2.19. The van der Waals surface area contributed by atoms with Crippen LogP contribution in [0.2, 0.25) is 0 Å². The van der Waals surface area contributed by atoms with Gasteiger partial charge in [0.25, 0.3) is 0 Å². The zero-order valence-corrected chi connectivity index (χ0v) is 15.7. The molecule has 1 fully saturated rings. The van der Waals surface area contributed by atoms with E-state index in [1.807, 2.05) is 13.0 Å².